The van der Waals surface area contributed by atoms with Gasteiger partial charge in [-0.3, -0.25) is 0 Å². The molecule has 0 saturated heterocycles. The summed E-state index contributed by atoms with van der Waals surface area (Å²) in [5.74, 6) is 0.215. The third kappa shape index (κ3) is 3.33. The largest absolute Gasteiger partial charge is 0.489 e. The Kier molecular flexibility index (Phi) is 4.15. The Morgan fingerprint density at radius 1 is 1.16 bits per heavy atom. The van der Waals surface area contributed by atoms with Gasteiger partial charge < -0.3 is 15.2 Å². The zero-order valence-electron chi connectivity index (χ0n) is 10.8. The SMILES string of the molecule is COC(=O)c1cc(OCc2ccccc2)ccc1[NH3+]. The first-order chi connectivity index (χ1) is 9.20. The van der Waals surface area contributed by atoms with Gasteiger partial charge in [0.25, 0.3) is 0 Å². The fraction of sp³-hybridized carbons (Fsp3) is 0.133. The summed E-state index contributed by atoms with van der Waals surface area (Å²) in [7, 11) is 1.35. The Labute approximate surface area is 111 Å². The molecular formula is C15H16NO3+. The molecule has 0 saturated carbocycles. The second-order valence-corrected chi connectivity index (χ2v) is 4.08. The first-order valence-electron chi connectivity index (χ1n) is 5.92. The van der Waals surface area contributed by atoms with E-state index >= 15 is 0 Å². The van der Waals surface area contributed by atoms with Crippen molar-refractivity contribution in [1.82, 2.24) is 0 Å². The van der Waals surface area contributed by atoms with Crippen molar-refractivity contribution in [2.75, 3.05) is 7.11 Å². The third-order valence-corrected chi connectivity index (χ3v) is 2.73. The van der Waals surface area contributed by atoms with Crippen LogP contribution in [0.2, 0.25) is 0 Å². The maximum atomic E-state index is 11.5. The van der Waals surface area contributed by atoms with Crippen LogP contribution in [0.4, 0.5) is 5.69 Å². The summed E-state index contributed by atoms with van der Waals surface area (Å²) in [5, 5.41) is 0. The summed E-state index contributed by atoms with van der Waals surface area (Å²) in [4.78, 5) is 11.5. The molecule has 4 nitrogen and oxygen atoms in total. The van der Waals surface area contributed by atoms with Crippen molar-refractivity contribution < 1.29 is 20.0 Å². The predicted molar refractivity (Wildman–Crippen MR) is 71.1 cm³/mol. The smallest absolute Gasteiger partial charge is 0.344 e. The maximum Gasteiger partial charge on any atom is 0.344 e. The molecule has 0 atom stereocenters. The van der Waals surface area contributed by atoms with E-state index in [0.717, 1.165) is 5.56 Å². The second kappa shape index (κ2) is 6.02. The van der Waals surface area contributed by atoms with Crippen LogP contribution in [0.3, 0.4) is 0 Å². The molecule has 2 aromatic carbocycles. The summed E-state index contributed by atoms with van der Waals surface area (Å²) in [6, 6.07) is 15.0. The van der Waals surface area contributed by atoms with E-state index in [2.05, 4.69) is 5.73 Å². The zero-order chi connectivity index (χ0) is 13.7. The molecule has 0 aliphatic heterocycles. The molecule has 4 heteroatoms. The number of hydrogen-bond donors (Lipinski definition) is 1. The van der Waals surface area contributed by atoms with Gasteiger partial charge in [-0.05, 0) is 11.6 Å². The lowest BCUT2D eigenvalue weighted by atomic mass is 10.1. The maximum absolute atomic E-state index is 11.5. The van der Waals surface area contributed by atoms with Crippen molar-refractivity contribution in [2.45, 2.75) is 6.61 Å². The van der Waals surface area contributed by atoms with Gasteiger partial charge in [0.1, 0.15) is 23.6 Å². The molecule has 0 heterocycles. The molecule has 2 rings (SSSR count). The van der Waals surface area contributed by atoms with Crippen LogP contribution in [-0.2, 0) is 11.3 Å². The lowest BCUT2D eigenvalue weighted by Crippen LogP contribution is -2.42. The summed E-state index contributed by atoms with van der Waals surface area (Å²) in [5.41, 5.74) is 5.91. The van der Waals surface area contributed by atoms with E-state index in [-0.39, 0.29) is 0 Å². The van der Waals surface area contributed by atoms with Crippen molar-refractivity contribution >= 4 is 11.7 Å². The molecule has 0 bridgehead atoms. The predicted octanol–water partition coefficient (Wildman–Crippen LogP) is 1.93. The Balaban J connectivity index is 2.11. The topological polar surface area (TPSA) is 63.2 Å². The highest BCUT2D eigenvalue weighted by molar-refractivity contribution is 5.94. The van der Waals surface area contributed by atoms with Crippen molar-refractivity contribution in [3.8, 4) is 5.75 Å². The van der Waals surface area contributed by atoms with Crippen LogP contribution in [0.5, 0.6) is 5.75 Å². The summed E-state index contributed by atoms with van der Waals surface area (Å²) < 4.78 is 10.3. The fourth-order valence-corrected chi connectivity index (χ4v) is 1.69. The molecule has 2 aromatic rings. The molecule has 0 aliphatic carbocycles. The lowest BCUT2D eigenvalue weighted by molar-refractivity contribution is -0.255. The molecule has 19 heavy (non-hydrogen) atoms. The highest BCUT2D eigenvalue weighted by Gasteiger charge is 2.13. The van der Waals surface area contributed by atoms with E-state index in [1.54, 1.807) is 18.2 Å². The number of methoxy groups -OCH3 is 1. The van der Waals surface area contributed by atoms with E-state index in [9.17, 15) is 4.79 Å². The van der Waals surface area contributed by atoms with Crippen LogP contribution in [0, 0.1) is 0 Å². The van der Waals surface area contributed by atoms with Crippen molar-refractivity contribution in [1.29, 1.82) is 0 Å². The van der Waals surface area contributed by atoms with Crippen LogP contribution in [0.15, 0.2) is 48.5 Å². The van der Waals surface area contributed by atoms with Gasteiger partial charge in [0.2, 0.25) is 0 Å². The van der Waals surface area contributed by atoms with Crippen LogP contribution in [0.25, 0.3) is 0 Å². The van der Waals surface area contributed by atoms with E-state index < -0.39 is 5.97 Å². The number of hydrogen-bond acceptors (Lipinski definition) is 3. The molecule has 0 aromatic heterocycles. The van der Waals surface area contributed by atoms with Gasteiger partial charge in [0.05, 0.1) is 7.11 Å². The number of ether oxygens (including phenoxy) is 2. The Morgan fingerprint density at radius 2 is 1.89 bits per heavy atom. The number of carbonyl (C=O) groups excluding carboxylic acids is 1. The van der Waals surface area contributed by atoms with Crippen molar-refractivity contribution in [3.05, 3.63) is 59.7 Å². The average Bonchev–Trinajstić information content (AvgIpc) is 2.46. The quantitative estimate of drug-likeness (QED) is 0.852. The van der Waals surface area contributed by atoms with Crippen LogP contribution in [-0.4, -0.2) is 13.1 Å². The molecule has 98 valence electrons. The van der Waals surface area contributed by atoms with Gasteiger partial charge >= 0.3 is 5.97 Å². The van der Waals surface area contributed by atoms with Gasteiger partial charge in [0, 0.05) is 12.1 Å². The summed E-state index contributed by atoms with van der Waals surface area (Å²) >= 11 is 0. The summed E-state index contributed by atoms with van der Waals surface area (Å²) in [6.45, 7) is 0.456. The minimum absolute atomic E-state index is 0.407. The van der Waals surface area contributed by atoms with Crippen LogP contribution < -0.4 is 10.5 Å². The van der Waals surface area contributed by atoms with E-state index in [1.807, 2.05) is 30.3 Å². The van der Waals surface area contributed by atoms with Gasteiger partial charge in [-0.1, -0.05) is 30.3 Å². The normalized spacial score (nSPS) is 10.0. The first kappa shape index (κ1) is 13.1. The standard InChI is InChI=1S/C15H15NO3/c1-18-15(17)13-9-12(7-8-14(13)16)19-10-11-5-3-2-4-6-11/h2-9H,10,16H2,1H3/p+1. The van der Waals surface area contributed by atoms with E-state index in [0.29, 0.717) is 23.6 Å². The number of carbonyl (C=O) groups is 1. The molecule has 0 radical (unpaired) electrons. The zero-order valence-corrected chi connectivity index (χ0v) is 10.8. The van der Waals surface area contributed by atoms with Crippen LogP contribution in [0.1, 0.15) is 15.9 Å². The minimum atomic E-state index is -0.407. The Morgan fingerprint density at radius 3 is 2.58 bits per heavy atom. The van der Waals surface area contributed by atoms with Crippen molar-refractivity contribution in [2.24, 2.45) is 0 Å². The van der Waals surface area contributed by atoms with E-state index in [1.165, 1.54) is 7.11 Å². The molecule has 0 unspecified atom stereocenters. The lowest BCUT2D eigenvalue weighted by Gasteiger charge is -2.08. The Bertz CT molecular complexity index is 567. The third-order valence-electron chi connectivity index (χ3n) is 2.73. The summed E-state index contributed by atoms with van der Waals surface area (Å²) in [6.07, 6.45) is 0. The minimum Gasteiger partial charge on any atom is -0.489 e. The monoisotopic (exact) mass is 258 g/mol. The number of rotatable bonds is 4. The molecule has 0 spiro atoms. The number of quaternary nitrogens is 1. The van der Waals surface area contributed by atoms with Gasteiger partial charge in [-0.2, -0.15) is 0 Å². The highest BCUT2D eigenvalue weighted by atomic mass is 16.5. The first-order valence-corrected chi connectivity index (χ1v) is 5.92. The molecular weight excluding hydrogens is 242 g/mol. The average molecular weight is 258 g/mol. The number of esters is 1. The van der Waals surface area contributed by atoms with Gasteiger partial charge in [0.15, 0.2) is 0 Å². The number of benzene rings is 2. The molecule has 0 aliphatic rings. The van der Waals surface area contributed by atoms with Crippen molar-refractivity contribution in [3.63, 3.8) is 0 Å². The van der Waals surface area contributed by atoms with Gasteiger partial charge in [-0.25, -0.2) is 4.79 Å². The Hall–Kier alpha value is -2.33. The molecule has 0 amide bonds. The van der Waals surface area contributed by atoms with Gasteiger partial charge in [-0.15, -0.1) is 0 Å². The molecule has 3 N–H and O–H groups in total. The highest BCUT2D eigenvalue weighted by Crippen LogP contribution is 2.20. The molecule has 0 fully saturated rings. The van der Waals surface area contributed by atoms with E-state index in [4.69, 9.17) is 9.47 Å². The van der Waals surface area contributed by atoms with Crippen LogP contribution >= 0.6 is 0 Å². The second-order valence-electron chi connectivity index (χ2n) is 4.08. The fourth-order valence-electron chi connectivity index (χ4n) is 1.69.